The van der Waals surface area contributed by atoms with Gasteiger partial charge in [-0.15, -0.1) is 6.58 Å². The van der Waals surface area contributed by atoms with Gasteiger partial charge in [0.05, 0.1) is 0 Å². The third-order valence-corrected chi connectivity index (χ3v) is 8.11. The van der Waals surface area contributed by atoms with Gasteiger partial charge in [-0.2, -0.15) is 0 Å². The van der Waals surface area contributed by atoms with E-state index in [1.54, 1.807) is 12.1 Å². The van der Waals surface area contributed by atoms with Crippen LogP contribution in [0.2, 0.25) is 0 Å². The Hall–Kier alpha value is -2.88. The van der Waals surface area contributed by atoms with E-state index in [0.717, 1.165) is 56.9 Å². The smallest absolute Gasteiger partial charge is 0.167 e. The zero-order valence-electron chi connectivity index (χ0n) is 20.8. The van der Waals surface area contributed by atoms with Crippen LogP contribution in [0.5, 0.6) is 0 Å². The average molecular weight is 493 g/mol. The molecule has 2 aliphatic rings. The molecule has 0 nitrogen and oxygen atoms in total. The molecule has 0 radical (unpaired) electrons. The average Bonchev–Trinajstić information content (AvgIpc) is 3.28. The minimum atomic E-state index is -1.11. The lowest BCUT2D eigenvalue weighted by Crippen LogP contribution is -2.14. The van der Waals surface area contributed by atoms with Crippen molar-refractivity contribution in [1.82, 2.24) is 0 Å². The van der Waals surface area contributed by atoms with E-state index in [1.807, 2.05) is 30.3 Å². The van der Waals surface area contributed by atoms with Crippen LogP contribution in [0.15, 0.2) is 49.1 Å². The molecule has 1 saturated carbocycles. The van der Waals surface area contributed by atoms with Crippen molar-refractivity contribution in [2.75, 3.05) is 0 Å². The molecule has 0 saturated heterocycles. The van der Waals surface area contributed by atoms with Gasteiger partial charge >= 0.3 is 0 Å². The first-order valence-corrected chi connectivity index (χ1v) is 13.2. The topological polar surface area (TPSA) is 0 Å². The molecule has 3 aromatic carbocycles. The summed E-state index contributed by atoms with van der Waals surface area (Å²) >= 11 is 0. The summed E-state index contributed by atoms with van der Waals surface area (Å²) in [6, 6.07) is 10.8. The molecule has 3 aromatic rings. The van der Waals surface area contributed by atoms with Crippen molar-refractivity contribution in [3.8, 4) is 22.3 Å². The Balaban J connectivity index is 1.48. The van der Waals surface area contributed by atoms with Crippen LogP contribution in [-0.2, 0) is 12.8 Å². The Morgan fingerprint density at radius 2 is 1.44 bits per heavy atom. The SMILES string of the molecule is C=CC1CCC(c2cc3c(c(F)c2F)-c2c(cc(-c4ccc(CCCCC)cc4)c(F)c2F)C3)CC1. The van der Waals surface area contributed by atoms with Gasteiger partial charge < -0.3 is 0 Å². The molecule has 2 aliphatic carbocycles. The number of benzene rings is 3. The van der Waals surface area contributed by atoms with Crippen molar-refractivity contribution >= 4 is 0 Å². The number of hydrogen-bond acceptors (Lipinski definition) is 0. The maximum Gasteiger partial charge on any atom is 0.167 e. The Bertz CT molecular complexity index is 1280. The molecule has 0 N–H and O–H groups in total. The fourth-order valence-corrected chi connectivity index (χ4v) is 6.01. The standard InChI is InChI=1S/C32H32F4/c1-3-5-6-7-20-10-14-22(15-11-20)26-18-24-16-23-17-25(21-12-8-19(4-2)9-13-21)29(33)31(35)27(23)28(24)32(36)30(26)34/h4,10-11,14-15,17-19,21H,2-3,5-9,12-13,16H2,1H3. The van der Waals surface area contributed by atoms with Crippen LogP contribution in [0.3, 0.4) is 0 Å². The van der Waals surface area contributed by atoms with Crippen molar-refractivity contribution in [1.29, 1.82) is 0 Å². The van der Waals surface area contributed by atoms with E-state index in [-0.39, 0.29) is 29.0 Å². The van der Waals surface area contributed by atoms with Gasteiger partial charge in [0.15, 0.2) is 23.3 Å². The predicted octanol–water partition coefficient (Wildman–Crippen LogP) is 9.67. The number of unbranched alkanes of at least 4 members (excludes halogenated alkanes) is 2. The summed E-state index contributed by atoms with van der Waals surface area (Å²) in [7, 11) is 0. The lowest BCUT2D eigenvalue weighted by Gasteiger charge is -2.27. The lowest BCUT2D eigenvalue weighted by atomic mass is 9.78. The van der Waals surface area contributed by atoms with Gasteiger partial charge in [0, 0.05) is 16.7 Å². The predicted molar refractivity (Wildman–Crippen MR) is 138 cm³/mol. The first-order valence-electron chi connectivity index (χ1n) is 13.2. The molecule has 0 heterocycles. The Morgan fingerprint density at radius 3 is 2.08 bits per heavy atom. The fourth-order valence-electron chi connectivity index (χ4n) is 6.01. The van der Waals surface area contributed by atoms with Crippen LogP contribution in [0.1, 0.15) is 80.0 Å². The van der Waals surface area contributed by atoms with Crippen LogP contribution in [-0.4, -0.2) is 0 Å². The van der Waals surface area contributed by atoms with Gasteiger partial charge in [0.2, 0.25) is 0 Å². The molecule has 0 spiro atoms. The molecule has 36 heavy (non-hydrogen) atoms. The molecule has 0 atom stereocenters. The van der Waals surface area contributed by atoms with Gasteiger partial charge in [-0.3, -0.25) is 0 Å². The van der Waals surface area contributed by atoms with E-state index in [1.165, 1.54) is 0 Å². The molecular formula is C32H32F4. The first-order chi connectivity index (χ1) is 17.4. The van der Waals surface area contributed by atoms with Gasteiger partial charge in [-0.05, 0) is 90.7 Å². The van der Waals surface area contributed by atoms with Crippen LogP contribution < -0.4 is 0 Å². The summed E-state index contributed by atoms with van der Waals surface area (Å²) in [6.45, 7) is 6.00. The second-order valence-electron chi connectivity index (χ2n) is 10.4. The Morgan fingerprint density at radius 1 is 0.806 bits per heavy atom. The van der Waals surface area contributed by atoms with E-state index in [0.29, 0.717) is 28.2 Å². The molecule has 0 bridgehead atoms. The highest BCUT2D eigenvalue weighted by atomic mass is 19.2. The van der Waals surface area contributed by atoms with Crippen molar-refractivity contribution in [3.63, 3.8) is 0 Å². The molecule has 188 valence electrons. The minimum Gasteiger partial charge on any atom is -0.203 e. The summed E-state index contributed by atoms with van der Waals surface area (Å²) in [5.74, 6) is -3.77. The monoisotopic (exact) mass is 492 g/mol. The van der Waals surface area contributed by atoms with E-state index in [2.05, 4.69) is 13.5 Å². The molecule has 5 rings (SSSR count). The molecule has 1 fully saturated rings. The van der Waals surface area contributed by atoms with Crippen molar-refractivity contribution in [2.24, 2.45) is 5.92 Å². The van der Waals surface area contributed by atoms with E-state index >= 15 is 17.6 Å². The highest BCUT2D eigenvalue weighted by Gasteiger charge is 2.34. The zero-order chi connectivity index (χ0) is 25.4. The largest absolute Gasteiger partial charge is 0.203 e. The molecular weight excluding hydrogens is 460 g/mol. The minimum absolute atomic E-state index is 0.0716. The third-order valence-electron chi connectivity index (χ3n) is 8.11. The second kappa shape index (κ2) is 10.2. The normalized spacial score (nSPS) is 18.7. The molecule has 0 unspecified atom stereocenters. The quantitative estimate of drug-likeness (QED) is 0.137. The summed E-state index contributed by atoms with van der Waals surface area (Å²) in [5, 5.41) is 0. The number of hydrogen-bond donors (Lipinski definition) is 0. The summed E-state index contributed by atoms with van der Waals surface area (Å²) in [6.07, 6.45) is 9.85. The number of rotatable bonds is 7. The van der Waals surface area contributed by atoms with E-state index in [9.17, 15) is 0 Å². The van der Waals surface area contributed by atoms with Crippen molar-refractivity contribution < 1.29 is 17.6 Å². The highest BCUT2D eigenvalue weighted by Crippen LogP contribution is 2.47. The first kappa shape index (κ1) is 24.8. The van der Waals surface area contributed by atoms with Crippen LogP contribution in [0, 0.1) is 29.2 Å². The maximum atomic E-state index is 15.4. The highest BCUT2D eigenvalue weighted by molar-refractivity contribution is 5.82. The molecule has 0 aliphatic heterocycles. The van der Waals surface area contributed by atoms with E-state index in [4.69, 9.17) is 0 Å². The fraction of sp³-hybridized carbons (Fsp3) is 0.375. The number of halogens is 4. The van der Waals surface area contributed by atoms with Gasteiger partial charge in [0.1, 0.15) is 0 Å². The van der Waals surface area contributed by atoms with Crippen LogP contribution in [0.25, 0.3) is 22.3 Å². The lowest BCUT2D eigenvalue weighted by molar-refractivity contribution is 0.364. The molecule has 0 amide bonds. The van der Waals surface area contributed by atoms with Crippen LogP contribution >= 0.6 is 0 Å². The van der Waals surface area contributed by atoms with Crippen molar-refractivity contribution in [2.45, 2.75) is 70.6 Å². The van der Waals surface area contributed by atoms with Crippen LogP contribution in [0.4, 0.5) is 17.6 Å². The van der Waals surface area contributed by atoms with E-state index < -0.39 is 23.3 Å². The second-order valence-corrected chi connectivity index (χ2v) is 10.4. The number of allylic oxidation sites excluding steroid dienone is 1. The zero-order valence-corrected chi connectivity index (χ0v) is 20.8. The maximum absolute atomic E-state index is 15.4. The van der Waals surface area contributed by atoms with Gasteiger partial charge in [0.25, 0.3) is 0 Å². The molecule has 0 aromatic heterocycles. The van der Waals surface area contributed by atoms with Crippen molar-refractivity contribution in [3.05, 3.63) is 94.6 Å². The summed E-state index contributed by atoms with van der Waals surface area (Å²) in [4.78, 5) is 0. The summed E-state index contributed by atoms with van der Waals surface area (Å²) < 4.78 is 61.2. The van der Waals surface area contributed by atoms with Gasteiger partial charge in [-0.25, -0.2) is 17.6 Å². The molecule has 4 heteroatoms. The summed E-state index contributed by atoms with van der Waals surface area (Å²) in [5.41, 5.74) is 3.03. The number of fused-ring (bicyclic) bond motifs is 3. The number of aryl methyl sites for hydroxylation is 1. The third kappa shape index (κ3) is 4.40. The van der Waals surface area contributed by atoms with Gasteiger partial charge in [-0.1, -0.05) is 56.2 Å². The Kier molecular flexibility index (Phi) is 7.05. The Labute approximate surface area is 211 Å².